The molecule has 3 aliphatic rings. The van der Waals surface area contributed by atoms with Crippen molar-refractivity contribution < 1.29 is 29.2 Å². The van der Waals surface area contributed by atoms with Gasteiger partial charge in [0.25, 0.3) is 0 Å². The van der Waals surface area contributed by atoms with Crippen LogP contribution in [-0.2, 0) is 14.3 Å². The van der Waals surface area contributed by atoms with Crippen molar-refractivity contribution in [2.45, 2.75) is 82.9 Å². The van der Waals surface area contributed by atoms with Gasteiger partial charge < -0.3 is 24.4 Å². The number of aliphatic hydroxyl groups excluding tert-OH is 2. The maximum Gasteiger partial charge on any atom is 0.347 e. The van der Waals surface area contributed by atoms with Gasteiger partial charge in [0.2, 0.25) is 0 Å². The van der Waals surface area contributed by atoms with Crippen molar-refractivity contribution in [2.75, 3.05) is 6.61 Å². The van der Waals surface area contributed by atoms with Crippen molar-refractivity contribution in [3.8, 4) is 5.75 Å². The predicted molar refractivity (Wildman–Crippen MR) is 145 cm³/mol. The van der Waals surface area contributed by atoms with E-state index in [1.54, 1.807) is 0 Å². The summed E-state index contributed by atoms with van der Waals surface area (Å²) in [6.45, 7) is 4.68. The molecule has 2 N–H and O–H groups in total. The van der Waals surface area contributed by atoms with E-state index in [0.29, 0.717) is 44.0 Å². The number of benzene rings is 1. The summed E-state index contributed by atoms with van der Waals surface area (Å²) < 4.78 is 19.6. The molecule has 1 unspecified atom stereocenters. The third-order valence-electron chi connectivity index (χ3n) is 7.61. The van der Waals surface area contributed by atoms with Crippen molar-refractivity contribution in [3.63, 3.8) is 0 Å². The van der Waals surface area contributed by atoms with Gasteiger partial charge in [-0.05, 0) is 93.5 Å². The molecule has 1 aromatic rings. The Bertz CT molecular complexity index is 959. The standard InChI is InChI=1S/C28H36Br2O6/c1-3-24(35-27-22(29)5-4-6-23(27)30)28(33)36-25-15-19(32)13-17-8-7-16(2)21(26(17)25)10-9-20-14-18(31)11-12-34-20/h4-8,13,16,18-21,24-26,31-32H,3,9-12,14-15H2,1-2H3/t16-,18+,19+,20+,21-,24?,25-,26-/m0/s1. The molecule has 0 spiro atoms. The molecule has 0 amide bonds. The van der Waals surface area contributed by atoms with E-state index >= 15 is 0 Å². The molecule has 1 aliphatic heterocycles. The number of hydrogen-bond acceptors (Lipinski definition) is 6. The average Bonchev–Trinajstić information content (AvgIpc) is 2.83. The molecule has 1 aromatic carbocycles. The summed E-state index contributed by atoms with van der Waals surface area (Å²) in [5, 5.41) is 20.6. The number of halogens is 2. The van der Waals surface area contributed by atoms with Crippen LogP contribution in [0.2, 0.25) is 0 Å². The normalized spacial score (nSPS) is 32.8. The zero-order valence-electron chi connectivity index (χ0n) is 20.8. The summed E-state index contributed by atoms with van der Waals surface area (Å²) in [6, 6.07) is 5.61. The Morgan fingerprint density at radius 3 is 2.64 bits per heavy atom. The van der Waals surface area contributed by atoms with Crippen LogP contribution in [0.3, 0.4) is 0 Å². The van der Waals surface area contributed by atoms with Gasteiger partial charge in [-0.1, -0.05) is 38.1 Å². The van der Waals surface area contributed by atoms with Gasteiger partial charge >= 0.3 is 5.97 Å². The zero-order chi connectivity index (χ0) is 25.8. The Balaban J connectivity index is 1.49. The third-order valence-corrected chi connectivity index (χ3v) is 8.86. The second-order valence-electron chi connectivity index (χ2n) is 10.2. The van der Waals surface area contributed by atoms with Gasteiger partial charge in [-0.2, -0.15) is 0 Å². The Kier molecular flexibility index (Phi) is 9.72. The average molecular weight is 628 g/mol. The highest BCUT2D eigenvalue weighted by atomic mass is 79.9. The van der Waals surface area contributed by atoms with Crippen molar-refractivity contribution in [2.24, 2.45) is 17.8 Å². The number of fused-ring (bicyclic) bond motifs is 1. The van der Waals surface area contributed by atoms with E-state index in [0.717, 1.165) is 27.4 Å². The molecule has 1 saturated heterocycles. The quantitative estimate of drug-likeness (QED) is 0.358. The van der Waals surface area contributed by atoms with Gasteiger partial charge in [0.05, 0.1) is 27.3 Å². The zero-order valence-corrected chi connectivity index (χ0v) is 24.0. The van der Waals surface area contributed by atoms with Gasteiger partial charge in [-0.3, -0.25) is 0 Å². The van der Waals surface area contributed by atoms with Gasteiger partial charge in [0.1, 0.15) is 11.9 Å². The summed E-state index contributed by atoms with van der Waals surface area (Å²) in [5.74, 6) is 0.684. The van der Waals surface area contributed by atoms with E-state index in [1.807, 2.05) is 31.2 Å². The fourth-order valence-electron chi connectivity index (χ4n) is 5.69. The molecular weight excluding hydrogens is 592 g/mol. The van der Waals surface area contributed by atoms with E-state index in [4.69, 9.17) is 14.2 Å². The van der Waals surface area contributed by atoms with Crippen LogP contribution in [0.5, 0.6) is 5.75 Å². The van der Waals surface area contributed by atoms with E-state index < -0.39 is 24.3 Å². The van der Waals surface area contributed by atoms with Crippen molar-refractivity contribution in [3.05, 3.63) is 50.9 Å². The number of carbonyl (C=O) groups is 1. The molecule has 1 heterocycles. The third kappa shape index (κ3) is 6.62. The molecule has 0 bridgehead atoms. The molecule has 0 saturated carbocycles. The fourth-order valence-corrected chi connectivity index (χ4v) is 6.87. The summed E-state index contributed by atoms with van der Waals surface area (Å²) >= 11 is 6.99. The monoisotopic (exact) mass is 626 g/mol. The number of para-hydroxylation sites is 1. The van der Waals surface area contributed by atoms with Gasteiger partial charge in [-0.25, -0.2) is 4.79 Å². The lowest BCUT2D eigenvalue weighted by Crippen LogP contribution is -2.44. The van der Waals surface area contributed by atoms with Gasteiger partial charge in [-0.15, -0.1) is 0 Å². The summed E-state index contributed by atoms with van der Waals surface area (Å²) in [4.78, 5) is 13.3. The van der Waals surface area contributed by atoms with E-state index in [2.05, 4.69) is 50.9 Å². The highest BCUT2D eigenvalue weighted by Crippen LogP contribution is 2.44. The number of aliphatic hydroxyl groups is 2. The van der Waals surface area contributed by atoms with Crippen molar-refractivity contribution in [1.29, 1.82) is 0 Å². The highest BCUT2D eigenvalue weighted by molar-refractivity contribution is 9.11. The lowest BCUT2D eigenvalue weighted by Gasteiger charge is -2.43. The first-order valence-corrected chi connectivity index (χ1v) is 14.5. The molecular formula is C28H36Br2O6. The minimum atomic E-state index is -0.765. The SMILES string of the molecule is CCC(Oc1c(Br)cccc1Br)C(=O)O[C@H]1C[C@H](O)C=C2C=C[C@H](C)[C@H](CC[C@@H]3C[C@H](O)CCO3)[C@H]21. The molecule has 2 aliphatic carbocycles. The molecule has 0 aromatic heterocycles. The molecule has 4 rings (SSSR count). The van der Waals surface area contributed by atoms with Crippen LogP contribution in [0, 0.1) is 17.8 Å². The van der Waals surface area contributed by atoms with Crippen molar-refractivity contribution >= 4 is 37.8 Å². The summed E-state index contributed by atoms with van der Waals surface area (Å²) in [6.07, 6.45) is 7.97. The summed E-state index contributed by atoms with van der Waals surface area (Å²) in [5.41, 5.74) is 1.03. The van der Waals surface area contributed by atoms with Crippen molar-refractivity contribution in [1.82, 2.24) is 0 Å². The number of carbonyl (C=O) groups excluding carboxylic acids is 1. The minimum absolute atomic E-state index is 0.00133. The second-order valence-corrected chi connectivity index (χ2v) is 11.9. The Morgan fingerprint density at radius 2 is 1.94 bits per heavy atom. The molecule has 198 valence electrons. The Hall–Kier alpha value is -1.19. The van der Waals surface area contributed by atoms with E-state index in [-0.39, 0.29) is 24.0 Å². The number of hydrogen-bond donors (Lipinski definition) is 2. The van der Waals surface area contributed by atoms with Crippen LogP contribution in [0.4, 0.5) is 0 Å². The molecule has 0 radical (unpaired) electrons. The van der Waals surface area contributed by atoms with Crippen LogP contribution >= 0.6 is 31.9 Å². The van der Waals surface area contributed by atoms with Crippen LogP contribution < -0.4 is 4.74 Å². The predicted octanol–water partition coefficient (Wildman–Crippen LogP) is 5.73. The maximum atomic E-state index is 13.3. The number of ether oxygens (including phenoxy) is 3. The fraction of sp³-hybridized carbons (Fsp3) is 0.607. The van der Waals surface area contributed by atoms with Crippen LogP contribution in [0.15, 0.2) is 50.9 Å². The number of esters is 1. The smallest absolute Gasteiger partial charge is 0.347 e. The summed E-state index contributed by atoms with van der Waals surface area (Å²) in [7, 11) is 0. The van der Waals surface area contributed by atoms with Crippen LogP contribution in [0.25, 0.3) is 0 Å². The Labute approximate surface area is 230 Å². The first kappa shape index (κ1) is 27.8. The topological polar surface area (TPSA) is 85.2 Å². The largest absolute Gasteiger partial charge is 0.476 e. The molecule has 1 fully saturated rings. The lowest BCUT2D eigenvalue weighted by molar-refractivity contribution is -0.163. The molecule has 8 atom stereocenters. The first-order chi connectivity index (χ1) is 17.3. The van der Waals surface area contributed by atoms with E-state index in [1.165, 1.54) is 0 Å². The van der Waals surface area contributed by atoms with Crippen LogP contribution in [0.1, 0.15) is 52.4 Å². The van der Waals surface area contributed by atoms with Crippen LogP contribution in [-0.4, -0.2) is 53.3 Å². The number of rotatable bonds is 8. The molecule has 8 heteroatoms. The second kappa shape index (κ2) is 12.6. The number of allylic oxidation sites excluding steroid dienone is 2. The molecule has 36 heavy (non-hydrogen) atoms. The van der Waals surface area contributed by atoms with Gasteiger partial charge in [0.15, 0.2) is 6.10 Å². The van der Waals surface area contributed by atoms with Gasteiger partial charge in [0, 0.05) is 18.9 Å². The maximum absolute atomic E-state index is 13.3. The minimum Gasteiger partial charge on any atom is -0.476 e. The Morgan fingerprint density at radius 1 is 1.19 bits per heavy atom. The highest BCUT2D eigenvalue weighted by Gasteiger charge is 2.43. The molecule has 6 nitrogen and oxygen atoms in total. The first-order valence-electron chi connectivity index (χ1n) is 13.0. The van der Waals surface area contributed by atoms with E-state index in [9.17, 15) is 15.0 Å². The lowest BCUT2D eigenvalue weighted by atomic mass is 9.66.